The van der Waals surface area contributed by atoms with Gasteiger partial charge in [0.05, 0.1) is 0 Å². The summed E-state index contributed by atoms with van der Waals surface area (Å²) in [6.45, 7) is 1.31. The van der Waals surface area contributed by atoms with E-state index >= 15 is 0 Å². The van der Waals surface area contributed by atoms with Crippen molar-refractivity contribution in [2.75, 3.05) is 26.5 Å². The number of amides is 2. The highest BCUT2D eigenvalue weighted by atomic mass is 16.2. The van der Waals surface area contributed by atoms with Crippen molar-refractivity contribution in [2.24, 2.45) is 0 Å². The fourth-order valence-electron chi connectivity index (χ4n) is 2.79. The van der Waals surface area contributed by atoms with Gasteiger partial charge in [0.15, 0.2) is 0 Å². The van der Waals surface area contributed by atoms with Gasteiger partial charge in [-0.2, -0.15) is 0 Å². The third kappa shape index (κ3) is 4.55. The molecule has 2 amide bonds. The van der Waals surface area contributed by atoms with E-state index in [1.807, 2.05) is 50.6 Å². The Kier molecular flexibility index (Phi) is 5.43. The van der Waals surface area contributed by atoms with Crippen LogP contribution in [-0.4, -0.2) is 46.9 Å². The number of nitrogens with zero attached hydrogens (tertiary/aromatic N) is 4. The van der Waals surface area contributed by atoms with Crippen molar-refractivity contribution in [3.8, 4) is 0 Å². The molecule has 3 aromatic rings. The molecule has 0 unspecified atom stereocenters. The van der Waals surface area contributed by atoms with Crippen molar-refractivity contribution in [3.63, 3.8) is 0 Å². The lowest BCUT2D eigenvalue weighted by Crippen LogP contribution is -2.31. The zero-order chi connectivity index (χ0) is 18.5. The first-order valence-electron chi connectivity index (χ1n) is 8.46. The predicted octanol–water partition coefficient (Wildman–Crippen LogP) is 3.36. The molecule has 134 valence electrons. The molecule has 0 saturated carbocycles. The topological polar surface area (TPSA) is 61.4 Å². The van der Waals surface area contributed by atoms with Gasteiger partial charge in [-0.25, -0.2) is 9.78 Å². The number of anilines is 1. The Morgan fingerprint density at radius 2 is 1.77 bits per heavy atom. The van der Waals surface area contributed by atoms with E-state index in [0.717, 1.165) is 28.4 Å². The largest absolute Gasteiger partial charge is 0.323 e. The first kappa shape index (κ1) is 17.8. The molecule has 2 aromatic heterocycles. The number of benzene rings is 1. The van der Waals surface area contributed by atoms with Gasteiger partial charge in [-0.05, 0) is 54.9 Å². The van der Waals surface area contributed by atoms with Crippen LogP contribution in [0.15, 0.2) is 55.0 Å². The number of aromatic nitrogens is 2. The number of carbonyl (C=O) groups is 1. The van der Waals surface area contributed by atoms with Gasteiger partial charge in [0.1, 0.15) is 5.82 Å². The van der Waals surface area contributed by atoms with Crippen LogP contribution in [0.4, 0.5) is 10.6 Å². The summed E-state index contributed by atoms with van der Waals surface area (Å²) < 4.78 is 0. The summed E-state index contributed by atoms with van der Waals surface area (Å²) in [5, 5.41) is 5.06. The highest BCUT2D eigenvalue weighted by Crippen LogP contribution is 2.16. The maximum absolute atomic E-state index is 12.5. The average Bonchev–Trinajstić information content (AvgIpc) is 2.61. The van der Waals surface area contributed by atoms with E-state index in [0.29, 0.717) is 12.4 Å². The lowest BCUT2D eigenvalue weighted by atomic mass is 10.1. The summed E-state index contributed by atoms with van der Waals surface area (Å²) in [6.07, 6.45) is 5.32. The van der Waals surface area contributed by atoms with Crippen LogP contribution in [0.2, 0.25) is 0 Å². The fraction of sp³-hybridized carbons (Fsp3) is 0.250. The molecule has 0 spiro atoms. The van der Waals surface area contributed by atoms with E-state index in [1.54, 1.807) is 24.3 Å². The standard InChI is InChI=1S/C20H23N5O/c1-24(2)13-16-6-9-22-19(11-16)23-20(26)25(3)14-15-4-5-18-12-21-8-7-17(18)10-15/h4-12H,13-14H2,1-3H3,(H,22,23,26). The van der Waals surface area contributed by atoms with E-state index < -0.39 is 0 Å². The molecule has 3 rings (SSSR count). The summed E-state index contributed by atoms with van der Waals surface area (Å²) >= 11 is 0. The molecule has 26 heavy (non-hydrogen) atoms. The van der Waals surface area contributed by atoms with Crippen LogP contribution >= 0.6 is 0 Å². The van der Waals surface area contributed by atoms with E-state index in [2.05, 4.69) is 26.3 Å². The number of carbonyl (C=O) groups excluding carboxylic acids is 1. The second kappa shape index (κ2) is 7.93. The van der Waals surface area contributed by atoms with Crippen LogP contribution in [0, 0.1) is 0 Å². The minimum absolute atomic E-state index is 0.186. The maximum Gasteiger partial charge on any atom is 0.323 e. The second-order valence-corrected chi connectivity index (χ2v) is 6.63. The van der Waals surface area contributed by atoms with E-state index in [-0.39, 0.29) is 6.03 Å². The molecule has 0 bridgehead atoms. The summed E-state index contributed by atoms with van der Waals surface area (Å²) in [6, 6.07) is 11.8. The molecule has 2 heterocycles. The zero-order valence-electron chi connectivity index (χ0n) is 15.3. The summed E-state index contributed by atoms with van der Waals surface area (Å²) in [4.78, 5) is 24.5. The van der Waals surface area contributed by atoms with Crippen molar-refractivity contribution in [1.82, 2.24) is 19.8 Å². The van der Waals surface area contributed by atoms with Crippen LogP contribution in [0.3, 0.4) is 0 Å². The van der Waals surface area contributed by atoms with Crippen molar-refractivity contribution < 1.29 is 4.79 Å². The fourth-order valence-corrected chi connectivity index (χ4v) is 2.79. The smallest absolute Gasteiger partial charge is 0.323 e. The van der Waals surface area contributed by atoms with E-state index in [4.69, 9.17) is 0 Å². The predicted molar refractivity (Wildman–Crippen MR) is 104 cm³/mol. The number of hydrogen-bond donors (Lipinski definition) is 1. The number of rotatable bonds is 5. The Labute approximate surface area is 153 Å². The molecule has 0 aliphatic heterocycles. The van der Waals surface area contributed by atoms with Crippen LogP contribution < -0.4 is 5.32 Å². The third-order valence-corrected chi connectivity index (χ3v) is 4.03. The molecule has 0 atom stereocenters. The molecule has 6 heteroatoms. The normalized spacial score (nSPS) is 10.9. The van der Waals surface area contributed by atoms with E-state index in [1.165, 1.54) is 0 Å². The minimum atomic E-state index is -0.186. The quantitative estimate of drug-likeness (QED) is 0.767. The van der Waals surface area contributed by atoms with Gasteiger partial charge in [0, 0.05) is 44.1 Å². The Morgan fingerprint density at radius 3 is 2.58 bits per heavy atom. The van der Waals surface area contributed by atoms with Gasteiger partial charge in [0.2, 0.25) is 0 Å². The maximum atomic E-state index is 12.5. The molecule has 6 nitrogen and oxygen atoms in total. The molecule has 0 aliphatic rings. The molecule has 0 saturated heterocycles. The Morgan fingerprint density at radius 1 is 0.962 bits per heavy atom. The average molecular weight is 349 g/mol. The minimum Gasteiger partial charge on any atom is -0.323 e. The highest BCUT2D eigenvalue weighted by Gasteiger charge is 2.11. The van der Waals surface area contributed by atoms with Crippen LogP contribution in [-0.2, 0) is 13.1 Å². The highest BCUT2D eigenvalue weighted by molar-refractivity contribution is 5.88. The number of hydrogen-bond acceptors (Lipinski definition) is 4. The molecule has 0 fully saturated rings. The first-order chi connectivity index (χ1) is 12.5. The summed E-state index contributed by atoms with van der Waals surface area (Å²) in [5.41, 5.74) is 2.17. The van der Waals surface area contributed by atoms with Gasteiger partial charge in [-0.3, -0.25) is 10.3 Å². The van der Waals surface area contributed by atoms with E-state index in [9.17, 15) is 4.79 Å². The monoisotopic (exact) mass is 349 g/mol. The van der Waals surface area contributed by atoms with Gasteiger partial charge in [-0.1, -0.05) is 12.1 Å². The van der Waals surface area contributed by atoms with Crippen LogP contribution in [0.1, 0.15) is 11.1 Å². The number of pyridine rings is 2. The van der Waals surface area contributed by atoms with Gasteiger partial charge < -0.3 is 9.80 Å². The zero-order valence-corrected chi connectivity index (χ0v) is 15.3. The first-order valence-corrected chi connectivity index (χ1v) is 8.46. The van der Waals surface area contributed by atoms with Gasteiger partial charge >= 0.3 is 6.03 Å². The summed E-state index contributed by atoms with van der Waals surface area (Å²) in [5.74, 6) is 0.561. The SMILES string of the molecule is CN(C)Cc1ccnc(NC(=O)N(C)Cc2ccc3cnccc3c2)c1. The lowest BCUT2D eigenvalue weighted by molar-refractivity contribution is 0.220. The van der Waals surface area contributed by atoms with Crippen molar-refractivity contribution >= 4 is 22.6 Å². The summed E-state index contributed by atoms with van der Waals surface area (Å²) in [7, 11) is 5.79. The molecular weight excluding hydrogens is 326 g/mol. The Bertz CT molecular complexity index is 909. The van der Waals surface area contributed by atoms with Crippen LogP contribution in [0.5, 0.6) is 0 Å². The van der Waals surface area contributed by atoms with Crippen molar-refractivity contribution in [1.29, 1.82) is 0 Å². The molecule has 0 aliphatic carbocycles. The Hall–Kier alpha value is -2.99. The van der Waals surface area contributed by atoms with Gasteiger partial charge in [0.25, 0.3) is 0 Å². The molecule has 1 N–H and O–H groups in total. The number of urea groups is 1. The van der Waals surface area contributed by atoms with Crippen molar-refractivity contribution in [2.45, 2.75) is 13.1 Å². The second-order valence-electron chi connectivity index (χ2n) is 6.63. The lowest BCUT2D eigenvalue weighted by Gasteiger charge is -2.18. The number of nitrogens with one attached hydrogen (secondary N) is 1. The van der Waals surface area contributed by atoms with Crippen molar-refractivity contribution in [3.05, 3.63) is 66.1 Å². The van der Waals surface area contributed by atoms with Crippen LogP contribution in [0.25, 0.3) is 10.8 Å². The Balaban J connectivity index is 1.65. The third-order valence-electron chi connectivity index (χ3n) is 4.03. The molecule has 1 aromatic carbocycles. The number of fused-ring (bicyclic) bond motifs is 1. The molecule has 0 radical (unpaired) electrons. The van der Waals surface area contributed by atoms with Gasteiger partial charge in [-0.15, -0.1) is 0 Å². The molecular formula is C20H23N5O.